The Morgan fingerprint density at radius 2 is 2.12 bits per heavy atom. The van der Waals surface area contributed by atoms with Gasteiger partial charge < -0.3 is 19.5 Å². The summed E-state index contributed by atoms with van der Waals surface area (Å²) in [6.45, 7) is 10.4. The van der Waals surface area contributed by atoms with Gasteiger partial charge in [0.1, 0.15) is 18.5 Å². The van der Waals surface area contributed by atoms with Crippen molar-refractivity contribution >= 4 is 5.91 Å². The summed E-state index contributed by atoms with van der Waals surface area (Å²) in [5, 5.41) is 7.55. The topological polar surface area (TPSA) is 74.6 Å². The van der Waals surface area contributed by atoms with Crippen LogP contribution < -0.4 is 14.8 Å². The van der Waals surface area contributed by atoms with Crippen LogP contribution in [0.3, 0.4) is 0 Å². The minimum absolute atomic E-state index is 0.0788. The number of hydrogen-bond acceptors (Lipinski definition) is 5. The van der Waals surface area contributed by atoms with E-state index >= 15 is 0 Å². The van der Waals surface area contributed by atoms with E-state index in [1.807, 2.05) is 13.8 Å². The van der Waals surface area contributed by atoms with Gasteiger partial charge in [-0.3, -0.25) is 4.79 Å². The highest BCUT2D eigenvalue weighted by Crippen LogP contribution is 2.27. The fourth-order valence-electron chi connectivity index (χ4n) is 4.30. The van der Waals surface area contributed by atoms with Gasteiger partial charge in [0.2, 0.25) is 5.88 Å². The Morgan fingerprint density at radius 1 is 1.28 bits per heavy atom. The third kappa shape index (κ3) is 5.63. The fraction of sp³-hybridized carbons (Fsp3) is 0.600. The van der Waals surface area contributed by atoms with E-state index in [-0.39, 0.29) is 24.2 Å². The largest absolute Gasteiger partial charge is 0.491 e. The number of aryl methyl sites for hydroxylation is 1. The molecule has 0 saturated carbocycles. The molecule has 0 spiro atoms. The average molecular weight is 442 g/mol. The zero-order valence-corrected chi connectivity index (χ0v) is 19.6. The highest BCUT2D eigenvalue weighted by molar-refractivity contribution is 5.92. The summed E-state index contributed by atoms with van der Waals surface area (Å²) in [4.78, 5) is 12.9. The summed E-state index contributed by atoms with van der Waals surface area (Å²) >= 11 is 0. The quantitative estimate of drug-likeness (QED) is 0.675. The second-order valence-electron chi connectivity index (χ2n) is 9.55. The van der Waals surface area contributed by atoms with Gasteiger partial charge in [0, 0.05) is 25.5 Å². The summed E-state index contributed by atoms with van der Waals surface area (Å²) in [5.41, 5.74) is 2.85. The number of aromatic nitrogens is 2. The summed E-state index contributed by atoms with van der Waals surface area (Å²) < 4.78 is 19.4. The number of benzene rings is 1. The van der Waals surface area contributed by atoms with E-state index in [1.165, 1.54) is 5.56 Å². The highest BCUT2D eigenvalue weighted by atomic mass is 16.5. The summed E-state index contributed by atoms with van der Waals surface area (Å²) in [5.74, 6) is 1.98. The van der Waals surface area contributed by atoms with Crippen molar-refractivity contribution in [1.82, 2.24) is 15.1 Å². The molecule has 0 aliphatic carbocycles. The molecule has 3 heterocycles. The van der Waals surface area contributed by atoms with Crippen LogP contribution in [0.25, 0.3) is 0 Å². The third-order valence-corrected chi connectivity index (χ3v) is 5.83. The van der Waals surface area contributed by atoms with Crippen molar-refractivity contribution in [2.24, 2.45) is 5.92 Å². The van der Waals surface area contributed by atoms with Crippen molar-refractivity contribution in [3.63, 3.8) is 0 Å². The zero-order chi connectivity index (χ0) is 22.7. The van der Waals surface area contributed by atoms with Crippen molar-refractivity contribution < 1.29 is 19.0 Å². The Balaban J connectivity index is 1.34. The number of amides is 1. The molecule has 174 valence electrons. The number of nitrogens with one attached hydrogen (secondary N) is 1. The molecule has 1 amide bonds. The lowest BCUT2D eigenvalue weighted by Gasteiger charge is -2.26. The first-order valence-corrected chi connectivity index (χ1v) is 11.8. The molecule has 32 heavy (non-hydrogen) atoms. The van der Waals surface area contributed by atoms with Crippen LogP contribution in [-0.4, -0.2) is 47.2 Å². The Morgan fingerprint density at radius 3 is 2.91 bits per heavy atom. The summed E-state index contributed by atoms with van der Waals surface area (Å²) in [7, 11) is 0. The fourth-order valence-corrected chi connectivity index (χ4v) is 4.30. The molecular weight excluding hydrogens is 406 g/mol. The lowest BCUT2D eigenvalue weighted by atomic mass is 9.96. The molecule has 4 rings (SSSR count). The molecule has 2 atom stereocenters. The van der Waals surface area contributed by atoms with E-state index < -0.39 is 0 Å². The van der Waals surface area contributed by atoms with Crippen molar-refractivity contribution in [3.8, 4) is 11.6 Å². The molecule has 0 saturated heterocycles. The van der Waals surface area contributed by atoms with E-state index in [9.17, 15) is 4.79 Å². The molecular formula is C25H35N3O4. The van der Waals surface area contributed by atoms with Gasteiger partial charge >= 0.3 is 0 Å². The second kappa shape index (κ2) is 9.94. The average Bonchev–Trinajstić information content (AvgIpc) is 3.16. The first-order chi connectivity index (χ1) is 15.4. The van der Waals surface area contributed by atoms with Crippen LogP contribution in [0.2, 0.25) is 0 Å². The zero-order valence-electron chi connectivity index (χ0n) is 19.6. The van der Waals surface area contributed by atoms with E-state index in [0.717, 1.165) is 43.5 Å². The Kier molecular flexibility index (Phi) is 7.04. The van der Waals surface area contributed by atoms with Gasteiger partial charge in [-0.1, -0.05) is 26.0 Å². The number of fused-ring (bicyclic) bond motifs is 2. The lowest BCUT2D eigenvalue weighted by molar-refractivity contribution is 0.0404. The van der Waals surface area contributed by atoms with Gasteiger partial charge in [-0.15, -0.1) is 0 Å². The molecule has 2 unspecified atom stereocenters. The maximum absolute atomic E-state index is 12.9. The second-order valence-corrected chi connectivity index (χ2v) is 9.55. The number of nitrogens with zero attached hydrogens (tertiary/aromatic N) is 2. The van der Waals surface area contributed by atoms with Crippen LogP contribution >= 0.6 is 0 Å². The lowest BCUT2D eigenvalue weighted by Crippen LogP contribution is -2.43. The van der Waals surface area contributed by atoms with Crippen LogP contribution in [-0.2, 0) is 24.1 Å². The van der Waals surface area contributed by atoms with Crippen molar-refractivity contribution in [3.05, 3.63) is 41.1 Å². The van der Waals surface area contributed by atoms with Gasteiger partial charge in [0.25, 0.3) is 5.91 Å². The number of carbonyl (C=O) groups excluding carboxylic acids is 1. The Hall–Kier alpha value is -2.54. The molecule has 0 fully saturated rings. The molecule has 1 N–H and O–H groups in total. The number of carbonyl (C=O) groups is 1. The molecule has 0 bridgehead atoms. The van der Waals surface area contributed by atoms with Crippen LogP contribution in [0.4, 0.5) is 0 Å². The molecule has 2 aromatic rings. The molecule has 2 aliphatic heterocycles. The highest BCUT2D eigenvalue weighted by Gasteiger charge is 2.26. The minimum atomic E-state index is -0.189. The number of hydrogen-bond donors (Lipinski definition) is 1. The minimum Gasteiger partial charge on any atom is -0.491 e. The van der Waals surface area contributed by atoms with Gasteiger partial charge in [0.15, 0.2) is 5.69 Å². The summed E-state index contributed by atoms with van der Waals surface area (Å²) in [6, 6.07) is 8.05. The first-order valence-electron chi connectivity index (χ1n) is 11.8. The predicted molar refractivity (Wildman–Crippen MR) is 122 cm³/mol. The Bertz CT molecular complexity index is 937. The first kappa shape index (κ1) is 22.6. The van der Waals surface area contributed by atoms with E-state index in [2.05, 4.69) is 42.5 Å². The number of rotatable bonds is 8. The summed E-state index contributed by atoms with van der Waals surface area (Å²) in [6.07, 6.45) is 3.81. The number of ether oxygens (including phenoxy) is 3. The third-order valence-electron chi connectivity index (χ3n) is 5.83. The smallest absolute Gasteiger partial charge is 0.272 e. The van der Waals surface area contributed by atoms with Gasteiger partial charge in [-0.05, 0) is 49.8 Å². The van der Waals surface area contributed by atoms with Crippen molar-refractivity contribution in [2.45, 2.75) is 78.2 Å². The molecule has 0 radical (unpaired) electrons. The standard InChI is InChI=1S/C25H35N3O4/c1-16(2)11-18-5-6-23-19(12-18)13-20(15-31-23)26-25(29)22-14-24-28(27-22)9-7-21(32-24)8-10-30-17(3)4/h5-6,12,14,16-17,20-21H,7-11,13,15H2,1-4H3,(H,26,29). The molecule has 2 aliphatic rings. The monoisotopic (exact) mass is 441 g/mol. The Labute approximate surface area is 190 Å². The van der Waals surface area contributed by atoms with E-state index in [0.29, 0.717) is 30.7 Å². The predicted octanol–water partition coefficient (Wildman–Crippen LogP) is 3.78. The SMILES string of the molecule is CC(C)Cc1ccc2c(c1)CC(NC(=O)c1cc3n(n1)CCC(CCOC(C)C)O3)CO2. The maximum atomic E-state index is 12.9. The van der Waals surface area contributed by atoms with Crippen molar-refractivity contribution in [1.29, 1.82) is 0 Å². The normalized spacial score (nSPS) is 19.8. The van der Waals surface area contributed by atoms with Gasteiger partial charge in [-0.2, -0.15) is 5.10 Å². The van der Waals surface area contributed by atoms with Gasteiger partial charge in [-0.25, -0.2) is 4.68 Å². The molecule has 7 heteroatoms. The van der Waals surface area contributed by atoms with Crippen LogP contribution in [0.15, 0.2) is 24.3 Å². The van der Waals surface area contributed by atoms with Crippen molar-refractivity contribution in [2.75, 3.05) is 13.2 Å². The molecule has 1 aromatic carbocycles. The van der Waals surface area contributed by atoms with Crippen LogP contribution in [0.1, 0.15) is 62.2 Å². The van der Waals surface area contributed by atoms with Gasteiger partial charge in [0.05, 0.1) is 18.8 Å². The van der Waals surface area contributed by atoms with Crippen LogP contribution in [0.5, 0.6) is 11.6 Å². The van der Waals surface area contributed by atoms with Crippen LogP contribution in [0, 0.1) is 5.92 Å². The van der Waals surface area contributed by atoms with E-state index in [4.69, 9.17) is 14.2 Å². The molecule has 7 nitrogen and oxygen atoms in total. The van der Waals surface area contributed by atoms with E-state index in [1.54, 1.807) is 10.7 Å². The maximum Gasteiger partial charge on any atom is 0.272 e. The molecule has 1 aromatic heterocycles.